The van der Waals surface area contributed by atoms with Crippen LogP contribution in [0.5, 0.6) is 5.75 Å². The molecule has 24 heavy (non-hydrogen) atoms. The van der Waals surface area contributed by atoms with Crippen LogP contribution in [0.4, 0.5) is 11.4 Å². The monoisotopic (exact) mass is 456 g/mol. The van der Waals surface area contributed by atoms with E-state index in [0.29, 0.717) is 5.69 Å². The normalized spacial score (nSPS) is 13.0. The van der Waals surface area contributed by atoms with Crippen molar-refractivity contribution in [1.82, 2.24) is 0 Å². The molecule has 2 aromatic carbocycles. The first-order chi connectivity index (χ1) is 11.4. The number of nitrogens with one attached hydrogen (secondary N) is 1. The molecule has 0 saturated carbocycles. The summed E-state index contributed by atoms with van der Waals surface area (Å²) in [5, 5.41) is 13.5. The molecule has 2 aromatic rings. The van der Waals surface area contributed by atoms with Crippen LogP contribution in [0, 0.1) is 10.1 Å². The van der Waals surface area contributed by atoms with Gasteiger partial charge in [0.2, 0.25) is 5.91 Å². The average Bonchev–Trinajstić information content (AvgIpc) is 2.61. The highest BCUT2D eigenvalue weighted by atomic mass is 79.9. The fourth-order valence-corrected chi connectivity index (χ4v) is 3.00. The van der Waals surface area contributed by atoms with Crippen molar-refractivity contribution in [2.45, 2.75) is 9.65 Å². The summed E-state index contributed by atoms with van der Waals surface area (Å²) in [6, 6.07) is 13.5. The van der Waals surface area contributed by atoms with Gasteiger partial charge < -0.3 is 10.1 Å². The number of nitro benzene ring substituents is 1. The van der Waals surface area contributed by atoms with Crippen LogP contribution < -0.4 is 10.1 Å². The summed E-state index contributed by atoms with van der Waals surface area (Å²) in [7, 11) is 1.39. The van der Waals surface area contributed by atoms with Crippen LogP contribution in [-0.2, 0) is 4.79 Å². The van der Waals surface area contributed by atoms with E-state index in [1.165, 1.54) is 25.3 Å². The number of alkyl halides is 2. The molecule has 2 rings (SSSR count). The van der Waals surface area contributed by atoms with Crippen LogP contribution >= 0.6 is 31.9 Å². The van der Waals surface area contributed by atoms with E-state index in [9.17, 15) is 14.9 Å². The van der Waals surface area contributed by atoms with E-state index in [0.717, 1.165) is 5.56 Å². The first-order valence-electron chi connectivity index (χ1n) is 6.90. The van der Waals surface area contributed by atoms with Crippen molar-refractivity contribution in [3.05, 3.63) is 64.2 Å². The summed E-state index contributed by atoms with van der Waals surface area (Å²) in [6.45, 7) is 0. The third-order valence-electron chi connectivity index (χ3n) is 3.28. The quantitative estimate of drug-likeness (QED) is 0.395. The minimum Gasteiger partial charge on any atom is -0.494 e. The molecular weight excluding hydrogens is 444 g/mol. The maximum atomic E-state index is 12.4. The van der Waals surface area contributed by atoms with Gasteiger partial charge in [0.15, 0.2) is 0 Å². The van der Waals surface area contributed by atoms with E-state index in [1.54, 1.807) is 0 Å². The third kappa shape index (κ3) is 4.33. The smallest absolute Gasteiger partial charge is 0.273 e. The fourth-order valence-electron chi connectivity index (χ4n) is 2.04. The second-order valence-corrected chi connectivity index (χ2v) is 6.82. The Morgan fingerprint density at radius 2 is 1.88 bits per heavy atom. The van der Waals surface area contributed by atoms with Crippen LogP contribution in [0.3, 0.4) is 0 Å². The van der Waals surface area contributed by atoms with Crippen LogP contribution in [-0.4, -0.2) is 22.8 Å². The van der Waals surface area contributed by atoms with E-state index in [1.807, 2.05) is 30.3 Å². The Labute approximate surface area is 155 Å². The molecule has 0 fully saturated rings. The first kappa shape index (κ1) is 18.4. The SMILES string of the molecule is COc1cc([N+](=O)[O-])ccc1NC(=O)[C@H](Br)[C@H](Br)c1ccccc1. The molecule has 0 bridgehead atoms. The molecule has 0 aliphatic rings. The van der Waals surface area contributed by atoms with Gasteiger partial charge in [0.1, 0.15) is 10.6 Å². The molecule has 0 unspecified atom stereocenters. The molecule has 126 valence electrons. The number of nitrogens with zero attached hydrogens (tertiary/aromatic N) is 1. The number of carbonyl (C=O) groups is 1. The molecule has 0 aliphatic heterocycles. The summed E-state index contributed by atoms with van der Waals surface area (Å²) in [6.07, 6.45) is 0. The van der Waals surface area contributed by atoms with E-state index in [2.05, 4.69) is 37.2 Å². The molecule has 2 atom stereocenters. The lowest BCUT2D eigenvalue weighted by molar-refractivity contribution is -0.384. The summed E-state index contributed by atoms with van der Waals surface area (Å²) in [5.41, 5.74) is 1.21. The number of amides is 1. The van der Waals surface area contributed by atoms with Crippen molar-refractivity contribution in [3.8, 4) is 5.75 Å². The predicted octanol–water partition coefficient (Wildman–Crippen LogP) is 4.44. The highest BCUT2D eigenvalue weighted by Crippen LogP contribution is 2.34. The highest BCUT2D eigenvalue weighted by molar-refractivity contribution is 9.12. The van der Waals surface area contributed by atoms with Gasteiger partial charge in [-0.3, -0.25) is 14.9 Å². The molecule has 0 heterocycles. The van der Waals surface area contributed by atoms with Gasteiger partial charge in [0, 0.05) is 6.07 Å². The molecular formula is C16H14Br2N2O4. The maximum Gasteiger partial charge on any atom is 0.273 e. The van der Waals surface area contributed by atoms with Crippen molar-refractivity contribution in [1.29, 1.82) is 0 Å². The molecule has 0 aromatic heterocycles. The number of carbonyl (C=O) groups excluding carboxylic acids is 1. The number of ether oxygens (including phenoxy) is 1. The summed E-state index contributed by atoms with van der Waals surface area (Å²) < 4.78 is 5.12. The number of benzene rings is 2. The van der Waals surface area contributed by atoms with Gasteiger partial charge in [-0.15, -0.1) is 0 Å². The molecule has 8 heteroatoms. The lowest BCUT2D eigenvalue weighted by Gasteiger charge is -2.18. The largest absolute Gasteiger partial charge is 0.494 e. The van der Waals surface area contributed by atoms with Gasteiger partial charge in [-0.1, -0.05) is 62.2 Å². The number of non-ortho nitro benzene ring substituents is 1. The number of hydrogen-bond donors (Lipinski definition) is 1. The fraction of sp³-hybridized carbons (Fsp3) is 0.188. The zero-order valence-electron chi connectivity index (χ0n) is 12.6. The summed E-state index contributed by atoms with van der Waals surface area (Å²) >= 11 is 6.88. The van der Waals surface area contributed by atoms with Crippen molar-refractivity contribution in [2.24, 2.45) is 0 Å². The summed E-state index contributed by atoms with van der Waals surface area (Å²) in [4.78, 5) is 21.9. The van der Waals surface area contributed by atoms with Crippen molar-refractivity contribution in [2.75, 3.05) is 12.4 Å². The van der Waals surface area contributed by atoms with Gasteiger partial charge in [0.05, 0.1) is 28.6 Å². The third-order valence-corrected chi connectivity index (χ3v) is 5.99. The Hall–Kier alpha value is -1.93. The Bertz CT molecular complexity index is 740. The standard InChI is InChI=1S/C16H14Br2N2O4/c1-24-13-9-11(20(22)23)7-8-12(13)19-16(21)15(18)14(17)10-5-3-2-4-6-10/h2-9,14-15H,1H3,(H,19,21)/t14-,15-/m1/s1. The molecule has 0 radical (unpaired) electrons. The second kappa shape index (κ2) is 8.25. The van der Waals surface area contributed by atoms with Crippen LogP contribution in [0.2, 0.25) is 0 Å². The Morgan fingerprint density at radius 3 is 2.46 bits per heavy atom. The molecule has 0 aliphatic carbocycles. The topological polar surface area (TPSA) is 81.5 Å². The van der Waals surface area contributed by atoms with Crippen LogP contribution in [0.15, 0.2) is 48.5 Å². The number of halogens is 2. The van der Waals surface area contributed by atoms with Crippen molar-refractivity contribution in [3.63, 3.8) is 0 Å². The van der Waals surface area contributed by atoms with Crippen molar-refractivity contribution >= 4 is 49.1 Å². The number of anilines is 1. The Morgan fingerprint density at radius 1 is 1.21 bits per heavy atom. The Balaban J connectivity index is 2.15. The van der Waals surface area contributed by atoms with E-state index in [-0.39, 0.29) is 22.2 Å². The molecule has 1 N–H and O–H groups in total. The molecule has 0 saturated heterocycles. The number of rotatable bonds is 6. The lowest BCUT2D eigenvalue weighted by atomic mass is 10.1. The predicted molar refractivity (Wildman–Crippen MR) is 99.1 cm³/mol. The lowest BCUT2D eigenvalue weighted by Crippen LogP contribution is -2.26. The molecule has 1 amide bonds. The van der Waals surface area contributed by atoms with Crippen molar-refractivity contribution < 1.29 is 14.5 Å². The van der Waals surface area contributed by atoms with Gasteiger partial charge in [-0.25, -0.2) is 0 Å². The van der Waals surface area contributed by atoms with Gasteiger partial charge in [-0.05, 0) is 11.6 Å². The van der Waals surface area contributed by atoms with Gasteiger partial charge >= 0.3 is 0 Å². The minimum atomic E-state index is -0.542. The maximum absolute atomic E-state index is 12.4. The van der Waals surface area contributed by atoms with E-state index < -0.39 is 9.75 Å². The van der Waals surface area contributed by atoms with E-state index >= 15 is 0 Å². The first-order valence-corrected chi connectivity index (χ1v) is 8.73. The second-order valence-electron chi connectivity index (χ2n) is 4.85. The molecule has 6 nitrogen and oxygen atoms in total. The zero-order chi connectivity index (χ0) is 17.7. The van der Waals surface area contributed by atoms with Crippen LogP contribution in [0.25, 0.3) is 0 Å². The minimum absolute atomic E-state index is 0.108. The highest BCUT2D eigenvalue weighted by Gasteiger charge is 2.26. The molecule has 0 spiro atoms. The number of hydrogen-bond acceptors (Lipinski definition) is 4. The van der Waals surface area contributed by atoms with E-state index in [4.69, 9.17) is 4.74 Å². The summed E-state index contributed by atoms with van der Waals surface area (Å²) in [5.74, 6) is -0.0732. The Kier molecular flexibility index (Phi) is 6.33. The van der Waals surface area contributed by atoms with Gasteiger partial charge in [-0.2, -0.15) is 0 Å². The number of methoxy groups -OCH3 is 1. The number of nitro groups is 1. The van der Waals surface area contributed by atoms with Gasteiger partial charge in [0.25, 0.3) is 5.69 Å². The zero-order valence-corrected chi connectivity index (χ0v) is 15.8. The average molecular weight is 458 g/mol. The van der Waals surface area contributed by atoms with Crippen LogP contribution in [0.1, 0.15) is 10.4 Å².